The first-order valence-corrected chi connectivity index (χ1v) is 3.37. The smallest absolute Gasteiger partial charge is 0.414 e. The second-order valence-electron chi connectivity index (χ2n) is 1.92. The molecule has 0 aromatic heterocycles. The van der Waals surface area contributed by atoms with Crippen LogP contribution in [0.4, 0.5) is 0 Å². The van der Waals surface area contributed by atoms with Crippen LogP contribution in [0.2, 0.25) is 0 Å². The van der Waals surface area contributed by atoms with Crippen molar-refractivity contribution in [2.75, 3.05) is 6.61 Å². The van der Waals surface area contributed by atoms with Gasteiger partial charge in [0.2, 0.25) is 0 Å². The quantitative estimate of drug-likeness (QED) is 0.426. The van der Waals surface area contributed by atoms with Gasteiger partial charge in [0, 0.05) is 6.61 Å². The molecule has 0 aromatic carbocycles. The lowest BCUT2D eigenvalue weighted by atomic mass is 10.3. The highest BCUT2D eigenvalue weighted by molar-refractivity contribution is 6.18. The van der Waals surface area contributed by atoms with Gasteiger partial charge < -0.3 is 9.31 Å². The van der Waals surface area contributed by atoms with Crippen molar-refractivity contribution in [3.63, 3.8) is 0 Å². The van der Waals surface area contributed by atoms with Gasteiger partial charge in [-0.1, -0.05) is 24.3 Å². The Balaban J connectivity index is 2.03. The summed E-state index contributed by atoms with van der Waals surface area (Å²) in [5.74, 6) is 0. The Morgan fingerprint density at radius 2 is 2.10 bits per heavy atom. The fraction of sp³-hybridized carbons (Fsp3) is 0.429. The molecule has 53 valence electrons. The Kier molecular flexibility index (Phi) is 3.26. The number of hydrogen-bond donors (Lipinski definition) is 0. The summed E-state index contributed by atoms with van der Waals surface area (Å²) in [5, 5.41) is 0. The highest BCUT2D eigenvalue weighted by Gasteiger charge is 2.03. The van der Waals surface area contributed by atoms with Crippen molar-refractivity contribution in [3.8, 4) is 0 Å². The molecule has 1 aliphatic rings. The molecule has 0 atom stereocenters. The maximum absolute atomic E-state index is 5.12. The van der Waals surface area contributed by atoms with Crippen LogP contribution in [0.15, 0.2) is 24.3 Å². The third kappa shape index (κ3) is 2.37. The van der Waals surface area contributed by atoms with Crippen LogP contribution in [-0.2, 0) is 9.31 Å². The highest BCUT2D eigenvalue weighted by Crippen LogP contribution is 2.02. The van der Waals surface area contributed by atoms with Gasteiger partial charge in [-0.3, -0.25) is 0 Å². The van der Waals surface area contributed by atoms with Gasteiger partial charge in [0.05, 0.1) is 6.10 Å². The van der Waals surface area contributed by atoms with Crippen LogP contribution >= 0.6 is 0 Å². The second-order valence-corrected chi connectivity index (χ2v) is 1.92. The van der Waals surface area contributed by atoms with Crippen molar-refractivity contribution >= 4 is 7.69 Å². The Labute approximate surface area is 61.8 Å². The van der Waals surface area contributed by atoms with E-state index in [-0.39, 0.29) is 6.10 Å². The highest BCUT2D eigenvalue weighted by atomic mass is 16.6. The van der Waals surface area contributed by atoms with E-state index in [4.69, 9.17) is 9.31 Å². The number of allylic oxidation sites excluding steroid dienone is 2. The minimum absolute atomic E-state index is 0.0755. The molecular weight excluding hydrogens is 127 g/mol. The molecule has 10 heavy (non-hydrogen) atoms. The standard InChI is InChI=1S/C7H10BO2/c1-2-9-8-10-7-5-3-4-6-7/h3-7H,2H2,1H3. The molecule has 0 N–H and O–H groups in total. The molecule has 0 bridgehead atoms. The lowest BCUT2D eigenvalue weighted by Crippen LogP contribution is -2.11. The molecule has 0 aliphatic heterocycles. The summed E-state index contributed by atoms with van der Waals surface area (Å²) in [4.78, 5) is 0. The van der Waals surface area contributed by atoms with Gasteiger partial charge in [-0.15, -0.1) is 0 Å². The van der Waals surface area contributed by atoms with Crippen molar-refractivity contribution in [2.24, 2.45) is 0 Å². The van der Waals surface area contributed by atoms with Crippen LogP contribution in [-0.4, -0.2) is 20.4 Å². The van der Waals surface area contributed by atoms with Gasteiger partial charge in [0.25, 0.3) is 0 Å². The molecule has 0 saturated carbocycles. The van der Waals surface area contributed by atoms with Crippen molar-refractivity contribution in [1.29, 1.82) is 0 Å². The zero-order chi connectivity index (χ0) is 7.23. The maximum atomic E-state index is 5.12. The zero-order valence-corrected chi connectivity index (χ0v) is 5.99. The van der Waals surface area contributed by atoms with Crippen molar-refractivity contribution < 1.29 is 9.31 Å². The second kappa shape index (κ2) is 4.31. The van der Waals surface area contributed by atoms with Gasteiger partial charge in [0.15, 0.2) is 0 Å². The molecule has 1 radical (unpaired) electrons. The molecule has 0 fully saturated rings. The molecule has 0 unspecified atom stereocenters. The molecule has 0 aromatic rings. The van der Waals surface area contributed by atoms with E-state index in [1.54, 1.807) is 0 Å². The van der Waals surface area contributed by atoms with Crippen LogP contribution in [0.5, 0.6) is 0 Å². The summed E-state index contributed by atoms with van der Waals surface area (Å²) in [6.07, 6.45) is 7.88. The maximum Gasteiger partial charge on any atom is 0.488 e. The van der Waals surface area contributed by atoms with Gasteiger partial charge in [-0.25, -0.2) is 0 Å². The van der Waals surface area contributed by atoms with E-state index < -0.39 is 0 Å². The van der Waals surface area contributed by atoms with Gasteiger partial charge in [0.1, 0.15) is 0 Å². The molecule has 1 rings (SSSR count). The fourth-order valence-electron chi connectivity index (χ4n) is 0.674. The first kappa shape index (κ1) is 7.57. The van der Waals surface area contributed by atoms with E-state index in [0.717, 1.165) is 0 Å². The van der Waals surface area contributed by atoms with Crippen LogP contribution < -0.4 is 0 Å². The monoisotopic (exact) mass is 137 g/mol. The summed E-state index contributed by atoms with van der Waals surface area (Å²) in [6, 6.07) is 0. The summed E-state index contributed by atoms with van der Waals surface area (Å²) in [5.41, 5.74) is 0. The van der Waals surface area contributed by atoms with Crippen LogP contribution in [0.25, 0.3) is 0 Å². The first-order chi connectivity index (χ1) is 4.93. The van der Waals surface area contributed by atoms with E-state index in [1.165, 1.54) is 7.69 Å². The number of rotatable bonds is 4. The van der Waals surface area contributed by atoms with Crippen molar-refractivity contribution in [1.82, 2.24) is 0 Å². The predicted octanol–water partition coefficient (Wildman–Crippen LogP) is 1.07. The summed E-state index contributed by atoms with van der Waals surface area (Å²) in [6.45, 7) is 2.57. The Hall–Kier alpha value is -0.535. The Morgan fingerprint density at radius 3 is 2.70 bits per heavy atom. The molecule has 0 saturated heterocycles. The Morgan fingerprint density at radius 1 is 1.40 bits per heavy atom. The normalized spacial score (nSPS) is 16.5. The third-order valence-corrected chi connectivity index (χ3v) is 1.16. The largest absolute Gasteiger partial charge is 0.488 e. The van der Waals surface area contributed by atoms with E-state index in [0.29, 0.717) is 6.61 Å². The SMILES string of the molecule is CCO[B]OC1C=CC=C1. The van der Waals surface area contributed by atoms with Crippen LogP contribution in [0, 0.1) is 0 Å². The summed E-state index contributed by atoms with van der Waals surface area (Å²) in [7, 11) is 1.38. The molecule has 0 spiro atoms. The molecule has 0 amide bonds. The molecule has 3 heteroatoms. The van der Waals surface area contributed by atoms with E-state index in [9.17, 15) is 0 Å². The molecule has 0 heterocycles. The summed E-state index contributed by atoms with van der Waals surface area (Å²) < 4.78 is 10.0. The minimum Gasteiger partial charge on any atom is -0.414 e. The van der Waals surface area contributed by atoms with Crippen molar-refractivity contribution in [2.45, 2.75) is 13.0 Å². The van der Waals surface area contributed by atoms with E-state index in [1.807, 2.05) is 31.2 Å². The molecular formula is C7H10BO2. The predicted molar refractivity (Wildman–Crippen MR) is 40.5 cm³/mol. The average Bonchev–Trinajstić information content (AvgIpc) is 2.41. The third-order valence-electron chi connectivity index (χ3n) is 1.16. The minimum atomic E-state index is 0.0755. The topological polar surface area (TPSA) is 18.5 Å². The van der Waals surface area contributed by atoms with Crippen LogP contribution in [0.1, 0.15) is 6.92 Å². The zero-order valence-electron chi connectivity index (χ0n) is 5.99. The Bertz CT molecular complexity index is 131. The average molecular weight is 137 g/mol. The van der Waals surface area contributed by atoms with Gasteiger partial charge >= 0.3 is 7.69 Å². The molecule has 1 aliphatic carbocycles. The van der Waals surface area contributed by atoms with E-state index >= 15 is 0 Å². The fourth-order valence-corrected chi connectivity index (χ4v) is 0.674. The van der Waals surface area contributed by atoms with Gasteiger partial charge in [-0.2, -0.15) is 0 Å². The van der Waals surface area contributed by atoms with Crippen molar-refractivity contribution in [3.05, 3.63) is 24.3 Å². The first-order valence-electron chi connectivity index (χ1n) is 3.37. The van der Waals surface area contributed by atoms with E-state index in [2.05, 4.69) is 0 Å². The molecule has 2 nitrogen and oxygen atoms in total. The van der Waals surface area contributed by atoms with Crippen LogP contribution in [0.3, 0.4) is 0 Å². The lowest BCUT2D eigenvalue weighted by molar-refractivity contribution is 0.219. The lowest BCUT2D eigenvalue weighted by Gasteiger charge is -2.04. The summed E-state index contributed by atoms with van der Waals surface area (Å²) >= 11 is 0. The number of hydrogen-bond acceptors (Lipinski definition) is 2. The van der Waals surface area contributed by atoms with Gasteiger partial charge in [-0.05, 0) is 6.92 Å².